The fraction of sp³-hybridized carbons (Fsp3) is 0.909. The lowest BCUT2D eigenvalue weighted by Gasteiger charge is -2.41. The standard InChI is InChI=1S/C22H34O4S2/c1-12-6-16-18(27-16)8-14(12)10-22(21(25)26,5-3-4-20(23)24)11-15-9-19-17(28-19)7-13(15)2/h12-19H,3-11H2,1-2H3,(H,23,24)(H,25,26). The Hall–Kier alpha value is -0.360. The lowest BCUT2D eigenvalue weighted by atomic mass is 9.62. The average molecular weight is 427 g/mol. The number of hydrogen-bond donors (Lipinski definition) is 2. The Labute approximate surface area is 177 Å². The van der Waals surface area contributed by atoms with Gasteiger partial charge in [0.05, 0.1) is 5.41 Å². The van der Waals surface area contributed by atoms with Crippen molar-refractivity contribution in [3.05, 3.63) is 0 Å². The molecule has 28 heavy (non-hydrogen) atoms. The van der Waals surface area contributed by atoms with Gasteiger partial charge in [0.1, 0.15) is 0 Å². The SMILES string of the molecule is CC1CC2SC2CC1CC(CCCC(=O)O)(CC1CC2SC2CC1C)C(=O)O. The van der Waals surface area contributed by atoms with E-state index in [0.29, 0.717) is 36.5 Å². The van der Waals surface area contributed by atoms with Crippen molar-refractivity contribution in [3.8, 4) is 0 Å². The molecule has 4 fully saturated rings. The van der Waals surface area contributed by atoms with Gasteiger partial charge in [0.2, 0.25) is 0 Å². The zero-order valence-electron chi connectivity index (χ0n) is 17.0. The van der Waals surface area contributed by atoms with Gasteiger partial charge in [-0.2, -0.15) is 23.5 Å². The molecule has 2 aliphatic heterocycles. The maximum absolute atomic E-state index is 12.7. The maximum atomic E-state index is 12.7. The van der Waals surface area contributed by atoms with Gasteiger partial charge in [-0.05, 0) is 75.0 Å². The largest absolute Gasteiger partial charge is 0.481 e. The number of fused-ring (bicyclic) bond motifs is 2. The van der Waals surface area contributed by atoms with Crippen LogP contribution < -0.4 is 0 Å². The predicted octanol–water partition coefficient (Wildman–Crippen LogP) is 5.15. The van der Waals surface area contributed by atoms with Crippen LogP contribution in [0.1, 0.15) is 71.6 Å². The van der Waals surface area contributed by atoms with E-state index in [1.165, 1.54) is 12.8 Å². The number of rotatable bonds is 9. The van der Waals surface area contributed by atoms with E-state index >= 15 is 0 Å². The fourth-order valence-corrected chi connectivity index (χ4v) is 8.79. The van der Waals surface area contributed by atoms with E-state index in [-0.39, 0.29) is 6.42 Å². The molecule has 4 rings (SSSR count). The summed E-state index contributed by atoms with van der Waals surface area (Å²) in [6.07, 6.45) is 7.34. The van der Waals surface area contributed by atoms with Gasteiger partial charge in [-0.25, -0.2) is 0 Å². The molecular formula is C22H34O4S2. The Morgan fingerprint density at radius 1 is 0.857 bits per heavy atom. The summed E-state index contributed by atoms with van der Waals surface area (Å²) in [4.78, 5) is 23.8. The molecule has 0 aromatic rings. The van der Waals surface area contributed by atoms with Gasteiger partial charge in [0, 0.05) is 27.4 Å². The van der Waals surface area contributed by atoms with Gasteiger partial charge >= 0.3 is 11.9 Å². The van der Waals surface area contributed by atoms with Crippen LogP contribution in [0.3, 0.4) is 0 Å². The van der Waals surface area contributed by atoms with Crippen molar-refractivity contribution in [1.82, 2.24) is 0 Å². The number of thioether (sulfide) groups is 2. The van der Waals surface area contributed by atoms with Gasteiger partial charge in [0.15, 0.2) is 0 Å². The first-order valence-electron chi connectivity index (χ1n) is 11.0. The van der Waals surface area contributed by atoms with Crippen LogP contribution in [0, 0.1) is 29.1 Å². The molecule has 2 heterocycles. The summed E-state index contributed by atoms with van der Waals surface area (Å²) in [6, 6.07) is 0. The summed E-state index contributed by atoms with van der Waals surface area (Å²) < 4.78 is 0. The highest BCUT2D eigenvalue weighted by molar-refractivity contribution is 8.08. The van der Waals surface area contributed by atoms with E-state index in [0.717, 1.165) is 46.7 Å². The van der Waals surface area contributed by atoms with Crippen molar-refractivity contribution in [2.24, 2.45) is 29.1 Å². The monoisotopic (exact) mass is 426 g/mol. The lowest BCUT2D eigenvalue weighted by molar-refractivity contribution is -0.154. The molecule has 2 saturated carbocycles. The van der Waals surface area contributed by atoms with Crippen molar-refractivity contribution in [2.45, 2.75) is 92.6 Å². The Balaban J connectivity index is 1.50. The summed E-state index contributed by atoms with van der Waals surface area (Å²) in [5.74, 6) is 0.626. The van der Waals surface area contributed by atoms with Gasteiger partial charge in [-0.15, -0.1) is 0 Å². The molecule has 0 radical (unpaired) electrons. The van der Waals surface area contributed by atoms with Gasteiger partial charge in [-0.1, -0.05) is 13.8 Å². The minimum absolute atomic E-state index is 0.0799. The molecule has 2 saturated heterocycles. The highest BCUT2D eigenvalue weighted by atomic mass is 32.2. The first-order valence-corrected chi connectivity index (χ1v) is 12.9. The Kier molecular flexibility index (Phi) is 6.01. The van der Waals surface area contributed by atoms with Crippen LogP contribution in [0.25, 0.3) is 0 Å². The van der Waals surface area contributed by atoms with Crippen molar-refractivity contribution < 1.29 is 19.8 Å². The van der Waals surface area contributed by atoms with Gasteiger partial charge < -0.3 is 10.2 Å². The van der Waals surface area contributed by atoms with E-state index in [1.807, 2.05) is 0 Å². The van der Waals surface area contributed by atoms with Gasteiger partial charge in [-0.3, -0.25) is 9.59 Å². The lowest BCUT2D eigenvalue weighted by Crippen LogP contribution is -2.40. The first kappa shape index (κ1) is 20.9. The third kappa shape index (κ3) is 4.53. The smallest absolute Gasteiger partial charge is 0.309 e. The zero-order valence-corrected chi connectivity index (χ0v) is 18.6. The highest BCUT2D eigenvalue weighted by Gasteiger charge is 2.52. The molecule has 158 valence electrons. The second-order valence-electron chi connectivity index (χ2n) is 10.1. The highest BCUT2D eigenvalue weighted by Crippen LogP contribution is 2.59. The molecule has 0 spiro atoms. The molecule has 0 aromatic heterocycles. The molecule has 0 aromatic carbocycles. The Bertz CT molecular complexity index is 590. The number of carboxylic acid groups (broad SMARTS) is 2. The van der Waals surface area contributed by atoms with Crippen LogP contribution in [0.5, 0.6) is 0 Å². The van der Waals surface area contributed by atoms with Crippen LogP contribution in [-0.2, 0) is 9.59 Å². The first-order chi connectivity index (χ1) is 13.3. The molecule has 4 aliphatic rings. The van der Waals surface area contributed by atoms with Crippen LogP contribution in [0.2, 0.25) is 0 Å². The van der Waals surface area contributed by atoms with Crippen molar-refractivity contribution in [1.29, 1.82) is 0 Å². The normalized spacial score (nSPS) is 43.4. The minimum atomic E-state index is -0.814. The maximum Gasteiger partial charge on any atom is 0.309 e. The van der Waals surface area contributed by atoms with Gasteiger partial charge in [0.25, 0.3) is 0 Å². The molecular weight excluding hydrogens is 392 g/mol. The molecule has 8 atom stereocenters. The van der Waals surface area contributed by atoms with E-state index in [2.05, 4.69) is 37.4 Å². The number of aliphatic carboxylic acids is 2. The van der Waals surface area contributed by atoms with E-state index < -0.39 is 17.4 Å². The quantitative estimate of drug-likeness (QED) is 0.497. The van der Waals surface area contributed by atoms with Crippen molar-refractivity contribution in [3.63, 3.8) is 0 Å². The summed E-state index contributed by atoms with van der Waals surface area (Å²) in [5, 5.41) is 22.7. The Morgan fingerprint density at radius 3 is 1.75 bits per heavy atom. The van der Waals surface area contributed by atoms with Crippen LogP contribution >= 0.6 is 23.5 Å². The molecule has 2 N–H and O–H groups in total. The minimum Gasteiger partial charge on any atom is -0.481 e. The zero-order chi connectivity index (χ0) is 20.1. The number of hydrogen-bond acceptors (Lipinski definition) is 4. The summed E-state index contributed by atoms with van der Waals surface area (Å²) in [6.45, 7) is 4.61. The van der Waals surface area contributed by atoms with E-state index in [4.69, 9.17) is 5.11 Å². The van der Waals surface area contributed by atoms with E-state index in [1.54, 1.807) is 0 Å². The van der Waals surface area contributed by atoms with Crippen molar-refractivity contribution >= 4 is 35.5 Å². The molecule has 0 bridgehead atoms. The molecule has 4 nitrogen and oxygen atoms in total. The second kappa shape index (κ2) is 8.05. The third-order valence-electron chi connectivity index (χ3n) is 8.07. The number of carboxylic acids is 2. The average Bonchev–Trinajstić information content (AvgIpc) is 3.51. The molecule has 0 amide bonds. The van der Waals surface area contributed by atoms with Crippen LogP contribution in [0.15, 0.2) is 0 Å². The van der Waals surface area contributed by atoms with Crippen molar-refractivity contribution in [2.75, 3.05) is 0 Å². The topological polar surface area (TPSA) is 74.6 Å². The second-order valence-corrected chi connectivity index (χ2v) is 13.1. The molecule has 8 unspecified atom stereocenters. The summed E-state index contributed by atoms with van der Waals surface area (Å²) >= 11 is 4.15. The van der Waals surface area contributed by atoms with Crippen LogP contribution in [0.4, 0.5) is 0 Å². The molecule has 2 aliphatic carbocycles. The fourth-order valence-electron chi connectivity index (χ4n) is 6.09. The molecule has 6 heteroatoms. The third-order valence-corrected chi connectivity index (χ3v) is 10.9. The van der Waals surface area contributed by atoms with E-state index in [9.17, 15) is 14.7 Å². The predicted molar refractivity (Wildman–Crippen MR) is 115 cm³/mol. The Morgan fingerprint density at radius 2 is 1.32 bits per heavy atom. The van der Waals surface area contributed by atoms with Crippen LogP contribution in [-0.4, -0.2) is 43.2 Å². The number of carbonyl (C=O) groups is 2. The summed E-state index contributed by atoms with van der Waals surface area (Å²) in [5.41, 5.74) is -0.744. The summed E-state index contributed by atoms with van der Waals surface area (Å²) in [7, 11) is 0.